The Balaban J connectivity index is 1.55. The van der Waals surface area contributed by atoms with Crippen molar-refractivity contribution >= 4 is 5.69 Å². The van der Waals surface area contributed by atoms with Crippen LogP contribution in [0, 0.1) is 0 Å². The van der Waals surface area contributed by atoms with Gasteiger partial charge in [0.1, 0.15) is 5.76 Å². The summed E-state index contributed by atoms with van der Waals surface area (Å²) in [7, 11) is 0. The summed E-state index contributed by atoms with van der Waals surface area (Å²) in [5.41, 5.74) is 2.52. The van der Waals surface area contributed by atoms with Gasteiger partial charge in [-0.05, 0) is 43.9 Å². The van der Waals surface area contributed by atoms with Crippen LogP contribution >= 0.6 is 0 Å². The molecule has 1 aliphatic rings. The van der Waals surface area contributed by atoms with Crippen molar-refractivity contribution in [1.29, 1.82) is 0 Å². The van der Waals surface area contributed by atoms with Gasteiger partial charge in [-0.3, -0.25) is 0 Å². The SMILES string of the molecule is C=C(C)ON(c1ccccc1)C1CCN(CCc2ccccc2)CC1. The first-order valence-electron chi connectivity index (χ1n) is 9.16. The first kappa shape index (κ1) is 17.6. The van der Waals surface area contributed by atoms with Crippen molar-refractivity contribution in [3.63, 3.8) is 0 Å². The molecule has 0 unspecified atom stereocenters. The average molecular weight is 336 g/mol. The molecule has 0 saturated carbocycles. The molecule has 0 aliphatic carbocycles. The molecule has 0 N–H and O–H groups in total. The van der Waals surface area contributed by atoms with E-state index in [0.29, 0.717) is 6.04 Å². The van der Waals surface area contributed by atoms with E-state index < -0.39 is 0 Å². The lowest BCUT2D eigenvalue weighted by molar-refractivity contribution is 0.113. The first-order valence-corrected chi connectivity index (χ1v) is 9.16. The van der Waals surface area contributed by atoms with E-state index in [2.05, 4.69) is 71.1 Å². The second-order valence-electron chi connectivity index (χ2n) is 6.76. The van der Waals surface area contributed by atoms with Gasteiger partial charge in [-0.25, -0.2) is 5.06 Å². The van der Waals surface area contributed by atoms with Gasteiger partial charge < -0.3 is 9.74 Å². The lowest BCUT2D eigenvalue weighted by Gasteiger charge is -2.38. The predicted octanol–water partition coefficient (Wildman–Crippen LogP) is 4.67. The molecule has 2 aromatic rings. The lowest BCUT2D eigenvalue weighted by atomic mass is 10.0. The van der Waals surface area contributed by atoms with Gasteiger partial charge in [0.15, 0.2) is 0 Å². The molecule has 2 aromatic carbocycles. The monoisotopic (exact) mass is 336 g/mol. The summed E-state index contributed by atoms with van der Waals surface area (Å²) in [5.74, 6) is 0.732. The number of hydroxylamine groups is 1. The van der Waals surface area contributed by atoms with Crippen LogP contribution < -0.4 is 5.06 Å². The number of piperidine rings is 1. The van der Waals surface area contributed by atoms with E-state index in [1.165, 1.54) is 5.56 Å². The minimum absolute atomic E-state index is 0.395. The van der Waals surface area contributed by atoms with Crippen LogP contribution in [0.1, 0.15) is 25.3 Å². The molecule has 1 heterocycles. The third kappa shape index (κ3) is 5.10. The zero-order chi connectivity index (χ0) is 17.5. The third-order valence-electron chi connectivity index (χ3n) is 4.71. The van der Waals surface area contributed by atoms with Crippen molar-refractivity contribution in [2.75, 3.05) is 24.7 Å². The minimum atomic E-state index is 0.395. The van der Waals surface area contributed by atoms with Crippen LogP contribution in [-0.2, 0) is 11.3 Å². The number of para-hydroxylation sites is 1. The largest absolute Gasteiger partial charge is 0.385 e. The van der Waals surface area contributed by atoms with Crippen LogP contribution in [0.5, 0.6) is 0 Å². The number of hydrogen-bond acceptors (Lipinski definition) is 3. The van der Waals surface area contributed by atoms with E-state index in [9.17, 15) is 0 Å². The van der Waals surface area contributed by atoms with E-state index in [-0.39, 0.29) is 0 Å². The number of nitrogens with zero attached hydrogens (tertiary/aromatic N) is 2. The van der Waals surface area contributed by atoms with Crippen molar-refractivity contribution in [2.24, 2.45) is 0 Å². The normalized spacial score (nSPS) is 15.7. The van der Waals surface area contributed by atoms with Gasteiger partial charge in [0.05, 0.1) is 11.7 Å². The molecular formula is C22H28N2O. The molecule has 3 heteroatoms. The highest BCUT2D eigenvalue weighted by Gasteiger charge is 2.26. The maximum atomic E-state index is 5.96. The first-order chi connectivity index (χ1) is 12.2. The molecule has 0 spiro atoms. The molecule has 25 heavy (non-hydrogen) atoms. The maximum absolute atomic E-state index is 5.96. The molecule has 1 aliphatic heterocycles. The van der Waals surface area contributed by atoms with Gasteiger partial charge in [-0.2, -0.15) is 0 Å². The van der Waals surface area contributed by atoms with Crippen molar-refractivity contribution < 1.29 is 4.84 Å². The van der Waals surface area contributed by atoms with Crippen LogP contribution in [0.2, 0.25) is 0 Å². The van der Waals surface area contributed by atoms with E-state index in [4.69, 9.17) is 4.84 Å². The Kier molecular flexibility index (Phi) is 6.13. The van der Waals surface area contributed by atoms with Crippen molar-refractivity contribution in [1.82, 2.24) is 4.90 Å². The van der Waals surface area contributed by atoms with Gasteiger partial charge in [0, 0.05) is 19.6 Å². The second kappa shape index (κ2) is 8.72. The maximum Gasteiger partial charge on any atom is 0.122 e. The van der Waals surface area contributed by atoms with Gasteiger partial charge in [-0.15, -0.1) is 0 Å². The van der Waals surface area contributed by atoms with Crippen molar-refractivity contribution in [3.8, 4) is 0 Å². The second-order valence-corrected chi connectivity index (χ2v) is 6.76. The van der Waals surface area contributed by atoms with Crippen LogP contribution in [0.3, 0.4) is 0 Å². The van der Waals surface area contributed by atoms with Crippen LogP contribution in [0.15, 0.2) is 73.0 Å². The minimum Gasteiger partial charge on any atom is -0.385 e. The van der Waals surface area contributed by atoms with Crippen LogP contribution in [-0.4, -0.2) is 30.6 Å². The molecular weight excluding hydrogens is 308 g/mol. The predicted molar refractivity (Wildman–Crippen MR) is 104 cm³/mol. The Bertz CT molecular complexity index is 648. The van der Waals surface area contributed by atoms with Gasteiger partial charge >= 0.3 is 0 Å². The number of allylic oxidation sites excluding steroid dienone is 1. The average Bonchev–Trinajstić information content (AvgIpc) is 2.66. The highest BCUT2D eigenvalue weighted by molar-refractivity contribution is 5.44. The standard InChI is InChI=1S/C22H28N2O/c1-19(2)25-24(21-11-7-4-8-12-21)22-14-17-23(18-15-22)16-13-20-9-5-3-6-10-20/h3-12,22H,1,13-18H2,2H3. The molecule has 0 bridgehead atoms. The summed E-state index contributed by atoms with van der Waals surface area (Å²) < 4.78 is 0. The Labute approximate surface area is 151 Å². The number of benzene rings is 2. The Morgan fingerprint density at radius 2 is 1.64 bits per heavy atom. The molecule has 0 radical (unpaired) electrons. The van der Waals surface area contributed by atoms with Gasteiger partial charge in [0.25, 0.3) is 0 Å². The Morgan fingerprint density at radius 1 is 1.04 bits per heavy atom. The van der Waals surface area contributed by atoms with Crippen molar-refractivity contribution in [2.45, 2.75) is 32.2 Å². The topological polar surface area (TPSA) is 15.7 Å². The zero-order valence-electron chi connectivity index (χ0n) is 15.1. The smallest absolute Gasteiger partial charge is 0.122 e. The molecule has 0 atom stereocenters. The third-order valence-corrected chi connectivity index (χ3v) is 4.71. The summed E-state index contributed by atoms with van der Waals surface area (Å²) in [6, 6.07) is 21.5. The summed E-state index contributed by atoms with van der Waals surface area (Å²) in [6.45, 7) is 9.18. The van der Waals surface area contributed by atoms with E-state index in [0.717, 1.165) is 50.3 Å². The molecule has 1 saturated heterocycles. The number of likely N-dealkylation sites (tertiary alicyclic amines) is 1. The van der Waals surface area contributed by atoms with Gasteiger partial charge in [-0.1, -0.05) is 55.1 Å². The quantitative estimate of drug-likeness (QED) is 0.540. The summed E-state index contributed by atoms with van der Waals surface area (Å²) >= 11 is 0. The number of anilines is 1. The summed E-state index contributed by atoms with van der Waals surface area (Å²) in [5, 5.41) is 2.05. The number of hydrogen-bond donors (Lipinski definition) is 0. The fraction of sp³-hybridized carbons (Fsp3) is 0.364. The molecule has 0 amide bonds. The van der Waals surface area contributed by atoms with E-state index >= 15 is 0 Å². The Hall–Kier alpha value is -2.26. The van der Waals surface area contributed by atoms with Gasteiger partial charge in [0.2, 0.25) is 0 Å². The van der Waals surface area contributed by atoms with E-state index in [1.807, 2.05) is 13.0 Å². The lowest BCUT2D eigenvalue weighted by Crippen LogP contribution is -2.45. The van der Waals surface area contributed by atoms with Crippen LogP contribution in [0.4, 0.5) is 5.69 Å². The molecule has 3 rings (SSSR count). The summed E-state index contributed by atoms with van der Waals surface area (Å²) in [4.78, 5) is 8.52. The summed E-state index contributed by atoms with van der Waals surface area (Å²) in [6.07, 6.45) is 3.34. The molecule has 1 fully saturated rings. The van der Waals surface area contributed by atoms with E-state index in [1.54, 1.807) is 0 Å². The van der Waals surface area contributed by atoms with Crippen LogP contribution in [0.25, 0.3) is 0 Å². The molecule has 3 nitrogen and oxygen atoms in total. The van der Waals surface area contributed by atoms with Crippen molar-refractivity contribution in [3.05, 3.63) is 78.6 Å². The highest BCUT2D eigenvalue weighted by atomic mass is 16.7. The molecule has 0 aromatic heterocycles. The zero-order valence-corrected chi connectivity index (χ0v) is 15.1. The molecule has 132 valence electrons. The fourth-order valence-electron chi connectivity index (χ4n) is 3.39. The highest BCUT2D eigenvalue weighted by Crippen LogP contribution is 2.25. The number of rotatable bonds is 7. The Morgan fingerprint density at radius 3 is 2.24 bits per heavy atom. The fourth-order valence-corrected chi connectivity index (χ4v) is 3.39.